The van der Waals surface area contributed by atoms with E-state index in [0.29, 0.717) is 39.1 Å². The number of rotatable bonds is 8. The van der Waals surface area contributed by atoms with Crippen LogP contribution in [0.3, 0.4) is 0 Å². The molecule has 0 saturated heterocycles. The van der Waals surface area contributed by atoms with Gasteiger partial charge in [-0.1, -0.05) is 30.8 Å². The zero-order chi connectivity index (χ0) is 24.9. The van der Waals surface area contributed by atoms with Gasteiger partial charge in [0.1, 0.15) is 23.0 Å². The summed E-state index contributed by atoms with van der Waals surface area (Å²) in [4.78, 5) is 6.64. The average molecular weight is 485 g/mol. The molecule has 0 aliphatic carbocycles. The van der Waals surface area contributed by atoms with Gasteiger partial charge in [0.2, 0.25) is 0 Å². The zero-order valence-corrected chi connectivity index (χ0v) is 20.3. The lowest BCUT2D eigenvalue weighted by Gasteiger charge is -2.19. The molecule has 0 saturated carbocycles. The summed E-state index contributed by atoms with van der Waals surface area (Å²) in [5, 5.41) is 10.8. The summed E-state index contributed by atoms with van der Waals surface area (Å²) in [6, 6.07) is 24.2. The number of ether oxygens (including phenoxy) is 2. The van der Waals surface area contributed by atoms with Gasteiger partial charge in [0.05, 0.1) is 24.7 Å². The number of anilines is 2. The maximum absolute atomic E-state index is 10.1. The van der Waals surface area contributed by atoms with Crippen LogP contribution in [-0.2, 0) is 0 Å². The van der Waals surface area contributed by atoms with Crippen LogP contribution in [-0.4, -0.2) is 24.2 Å². The smallest absolute Gasteiger partial charge is 0.131 e. The van der Waals surface area contributed by atoms with Gasteiger partial charge in [0, 0.05) is 35.0 Å². The molecular formula is C29H25ClN2O3. The van der Waals surface area contributed by atoms with Gasteiger partial charge in [-0.2, -0.15) is 0 Å². The van der Waals surface area contributed by atoms with E-state index in [0.717, 1.165) is 16.9 Å². The maximum atomic E-state index is 10.1. The highest BCUT2D eigenvalue weighted by Gasteiger charge is 2.12. The van der Waals surface area contributed by atoms with Crippen LogP contribution in [0.1, 0.15) is 16.8 Å². The minimum atomic E-state index is -0.0666. The van der Waals surface area contributed by atoms with Crippen LogP contribution in [0.4, 0.5) is 11.4 Å². The lowest BCUT2D eigenvalue weighted by molar-refractivity contribution is 0.409. The summed E-state index contributed by atoms with van der Waals surface area (Å²) in [6.07, 6.45) is 1.79. The number of pyridine rings is 1. The Balaban J connectivity index is 1.60. The second kappa shape index (κ2) is 10.4. The monoisotopic (exact) mass is 484 g/mol. The molecule has 0 atom stereocenters. The molecule has 4 aromatic rings. The van der Waals surface area contributed by atoms with Crippen molar-refractivity contribution in [2.24, 2.45) is 0 Å². The van der Waals surface area contributed by atoms with Gasteiger partial charge in [0.15, 0.2) is 0 Å². The molecule has 0 radical (unpaired) electrons. The van der Waals surface area contributed by atoms with E-state index in [4.69, 9.17) is 21.1 Å². The number of hydrogen-bond donors (Lipinski definition) is 1. The van der Waals surface area contributed by atoms with Crippen LogP contribution in [0.5, 0.6) is 17.2 Å². The van der Waals surface area contributed by atoms with Crippen LogP contribution in [0.15, 0.2) is 98.2 Å². The van der Waals surface area contributed by atoms with E-state index in [9.17, 15) is 5.11 Å². The van der Waals surface area contributed by atoms with E-state index in [1.54, 1.807) is 31.5 Å². The van der Waals surface area contributed by atoms with Gasteiger partial charge < -0.3 is 19.5 Å². The molecule has 0 amide bonds. The molecule has 0 aliphatic heterocycles. The minimum Gasteiger partial charge on any atom is -0.508 e. The van der Waals surface area contributed by atoms with E-state index in [1.807, 2.05) is 72.6 Å². The van der Waals surface area contributed by atoms with Gasteiger partial charge in [-0.3, -0.25) is 4.98 Å². The van der Waals surface area contributed by atoms with Crippen molar-refractivity contribution >= 4 is 34.3 Å². The third kappa shape index (κ3) is 5.65. The van der Waals surface area contributed by atoms with Crippen molar-refractivity contribution in [3.05, 3.63) is 120 Å². The fourth-order valence-corrected chi connectivity index (χ4v) is 3.65. The summed E-state index contributed by atoms with van der Waals surface area (Å²) in [7, 11) is 3.57. The molecule has 0 fully saturated rings. The summed E-state index contributed by atoms with van der Waals surface area (Å²) in [6.45, 7) is 7.90. The Hall–Kier alpha value is -4.22. The van der Waals surface area contributed by atoms with Crippen molar-refractivity contribution in [2.45, 2.75) is 0 Å². The van der Waals surface area contributed by atoms with Crippen molar-refractivity contribution in [1.82, 2.24) is 4.98 Å². The zero-order valence-electron chi connectivity index (χ0n) is 19.5. The molecule has 0 spiro atoms. The molecule has 6 heteroatoms. The van der Waals surface area contributed by atoms with E-state index >= 15 is 0 Å². The Kier molecular flexibility index (Phi) is 7.09. The summed E-state index contributed by atoms with van der Waals surface area (Å²) < 4.78 is 11.3. The highest BCUT2D eigenvalue weighted by Crippen LogP contribution is 2.32. The first-order valence-electron chi connectivity index (χ1n) is 10.8. The number of methoxy groups -OCH3 is 1. The van der Waals surface area contributed by atoms with Gasteiger partial charge in [-0.15, -0.1) is 0 Å². The lowest BCUT2D eigenvalue weighted by Crippen LogP contribution is -2.09. The van der Waals surface area contributed by atoms with Crippen molar-refractivity contribution < 1.29 is 14.6 Å². The predicted molar refractivity (Wildman–Crippen MR) is 143 cm³/mol. The molecule has 5 nitrogen and oxygen atoms in total. The Morgan fingerprint density at radius 3 is 2.20 bits per heavy atom. The fourth-order valence-electron chi connectivity index (χ4n) is 3.52. The third-order valence-electron chi connectivity index (χ3n) is 5.52. The van der Waals surface area contributed by atoms with Crippen LogP contribution in [0.25, 0.3) is 11.3 Å². The molecule has 1 N–H and O–H groups in total. The second-order valence-electron chi connectivity index (χ2n) is 7.89. The summed E-state index contributed by atoms with van der Waals surface area (Å²) >= 11 is 6.00. The quantitative estimate of drug-likeness (QED) is 0.258. The topological polar surface area (TPSA) is 54.8 Å². The lowest BCUT2D eigenvalue weighted by atomic mass is 10.00. The van der Waals surface area contributed by atoms with Gasteiger partial charge >= 0.3 is 0 Å². The number of benzene rings is 3. The van der Waals surface area contributed by atoms with Gasteiger partial charge in [0.25, 0.3) is 0 Å². The summed E-state index contributed by atoms with van der Waals surface area (Å²) in [5.41, 5.74) is 4.58. The van der Waals surface area contributed by atoms with Crippen molar-refractivity contribution in [3.63, 3.8) is 0 Å². The second-order valence-corrected chi connectivity index (χ2v) is 8.33. The Morgan fingerprint density at radius 2 is 1.54 bits per heavy atom. The number of aliphatic hydroxyl groups is 1. The number of halogens is 1. The molecule has 1 aromatic heterocycles. The average Bonchev–Trinajstić information content (AvgIpc) is 2.88. The van der Waals surface area contributed by atoms with Crippen molar-refractivity contribution in [1.29, 1.82) is 0 Å². The van der Waals surface area contributed by atoms with Crippen molar-refractivity contribution in [2.75, 3.05) is 19.1 Å². The molecular weight excluding hydrogens is 460 g/mol. The minimum absolute atomic E-state index is 0.0666. The molecule has 1 heterocycles. The molecule has 35 heavy (non-hydrogen) atoms. The highest BCUT2D eigenvalue weighted by molar-refractivity contribution is 6.30. The first kappa shape index (κ1) is 23.9. The van der Waals surface area contributed by atoms with Crippen LogP contribution in [0, 0.1) is 0 Å². The van der Waals surface area contributed by atoms with Crippen LogP contribution in [0.2, 0.25) is 5.02 Å². The van der Waals surface area contributed by atoms with Gasteiger partial charge in [-0.05, 0) is 72.3 Å². The molecule has 4 rings (SSSR count). The Labute approximate surface area is 210 Å². The number of hydrogen-bond acceptors (Lipinski definition) is 5. The van der Waals surface area contributed by atoms with E-state index in [1.165, 1.54) is 0 Å². The first-order chi connectivity index (χ1) is 16.8. The molecule has 0 bridgehead atoms. The fraction of sp³-hybridized carbons (Fsp3) is 0.0690. The molecule has 176 valence electrons. The van der Waals surface area contributed by atoms with Crippen molar-refractivity contribution in [3.8, 4) is 17.2 Å². The van der Waals surface area contributed by atoms with E-state index in [2.05, 4.69) is 18.1 Å². The Bertz CT molecular complexity index is 1370. The van der Waals surface area contributed by atoms with E-state index in [-0.39, 0.29) is 5.76 Å². The molecule has 0 aliphatic rings. The standard InChI is InChI=1S/C29H25ClN2O3/c1-19(29-13-12-25(18-31-29)32(3)24-10-8-23(30)9-11-24)21-14-22(20(2)33)16-28(15-21)35-27-7-5-6-26(17-27)34-4/h5-18,33H,1-2H2,3-4H3. The van der Waals surface area contributed by atoms with Crippen LogP contribution < -0.4 is 14.4 Å². The Morgan fingerprint density at radius 1 is 0.857 bits per heavy atom. The molecule has 0 unspecified atom stereocenters. The maximum Gasteiger partial charge on any atom is 0.131 e. The first-order valence-corrected chi connectivity index (χ1v) is 11.2. The normalized spacial score (nSPS) is 10.5. The SMILES string of the molecule is C=C(O)c1cc(Oc2cccc(OC)c2)cc(C(=C)c2ccc(N(C)c3ccc(Cl)cc3)cn2)c1. The largest absolute Gasteiger partial charge is 0.508 e. The molecule has 3 aromatic carbocycles. The van der Waals surface area contributed by atoms with Crippen LogP contribution >= 0.6 is 11.6 Å². The van der Waals surface area contributed by atoms with E-state index < -0.39 is 0 Å². The highest BCUT2D eigenvalue weighted by atomic mass is 35.5. The number of aliphatic hydroxyl groups excluding tert-OH is 1. The number of aromatic nitrogens is 1. The third-order valence-corrected chi connectivity index (χ3v) is 5.78. The number of nitrogens with zero attached hydrogens (tertiary/aromatic N) is 2. The van der Waals surface area contributed by atoms with Gasteiger partial charge in [-0.25, -0.2) is 0 Å². The predicted octanol–water partition coefficient (Wildman–Crippen LogP) is 7.89. The summed E-state index contributed by atoms with van der Waals surface area (Å²) in [5.74, 6) is 1.75.